The van der Waals surface area contributed by atoms with E-state index in [2.05, 4.69) is 0 Å². The molecule has 0 aliphatic rings. The Hall–Kier alpha value is -1.34. The number of hydrogen-bond donors (Lipinski definition) is 1. The summed E-state index contributed by atoms with van der Waals surface area (Å²) in [5.74, 6) is -4.40. The van der Waals surface area contributed by atoms with Crippen molar-refractivity contribution in [2.24, 2.45) is 5.92 Å². The minimum absolute atomic E-state index is 0. The lowest BCUT2D eigenvalue weighted by atomic mass is 10.1. The molecule has 124 valence electrons. The first-order valence-corrected chi connectivity index (χ1v) is 6.53. The van der Waals surface area contributed by atoms with E-state index in [0.717, 1.165) is 0 Å². The van der Waals surface area contributed by atoms with Crippen molar-refractivity contribution in [3.63, 3.8) is 0 Å². The summed E-state index contributed by atoms with van der Waals surface area (Å²) in [4.78, 5) is 34.4. The lowest BCUT2D eigenvalue weighted by Gasteiger charge is -2.33. The average molecular weight is 326 g/mol. The van der Waals surface area contributed by atoms with Crippen molar-refractivity contribution in [2.45, 2.75) is 32.9 Å². The van der Waals surface area contributed by atoms with Gasteiger partial charge in [-0.15, -0.1) is 0 Å². The van der Waals surface area contributed by atoms with Crippen molar-refractivity contribution in [1.82, 2.24) is 0 Å². The largest absolute Gasteiger partial charge is 1.00 e. The van der Waals surface area contributed by atoms with Gasteiger partial charge < -0.3 is 27.0 Å². The van der Waals surface area contributed by atoms with E-state index in [0.29, 0.717) is 10.9 Å². The fraction of sp³-hybridized carbons (Fsp3) is 0.769. The molecule has 0 fully saturated rings. The van der Waals surface area contributed by atoms with E-state index < -0.39 is 36.5 Å². The van der Waals surface area contributed by atoms with Crippen LogP contribution in [-0.2, 0) is 23.9 Å². The van der Waals surface area contributed by atoms with Gasteiger partial charge >= 0.3 is 17.9 Å². The Morgan fingerprint density at radius 3 is 1.95 bits per heavy atom. The van der Waals surface area contributed by atoms with E-state index in [1.807, 2.05) is 28.1 Å². The van der Waals surface area contributed by atoms with E-state index >= 15 is 0 Å². The maximum absolute atomic E-state index is 12.0. The van der Waals surface area contributed by atoms with E-state index in [1.54, 1.807) is 6.92 Å². The van der Waals surface area contributed by atoms with E-state index in [9.17, 15) is 14.4 Å². The molecule has 0 radical (unpaired) electrons. The number of rotatable bonds is 8. The van der Waals surface area contributed by atoms with Crippen molar-refractivity contribution in [3.8, 4) is 0 Å². The third kappa shape index (κ3) is 7.87. The third-order valence-corrected chi connectivity index (χ3v) is 2.70. The van der Waals surface area contributed by atoms with Crippen LogP contribution >= 0.6 is 0 Å². The molecule has 0 heterocycles. The molecule has 0 aliphatic heterocycles. The molecule has 2 atom stereocenters. The second-order valence-electron chi connectivity index (χ2n) is 5.32. The number of carbonyl (C=O) groups is 3. The standard InChI is InChI=1S/C13H23NO6.ClH/c1-6-10(14(3,4)5)20-13(18)9(8-11(15)16)12(17)19-7-2;/h9-10H,6-8H2,1-5H3;1H. The molecule has 0 aromatic rings. The molecule has 0 saturated carbocycles. The van der Waals surface area contributed by atoms with Crippen molar-refractivity contribution in [3.05, 3.63) is 0 Å². The molecule has 0 saturated heterocycles. The Bertz CT molecular complexity index is 366. The number of halogens is 1. The number of carboxylic acid groups (broad SMARTS) is 1. The number of carboxylic acids is 1. The van der Waals surface area contributed by atoms with Gasteiger partial charge in [0.15, 0.2) is 5.92 Å². The Balaban J connectivity index is 0. The van der Waals surface area contributed by atoms with Crippen molar-refractivity contribution in [1.29, 1.82) is 0 Å². The summed E-state index contributed by atoms with van der Waals surface area (Å²) in [6.45, 7) is 3.51. The Kier molecular flexibility index (Phi) is 10.0. The number of quaternary nitrogens is 1. The highest BCUT2D eigenvalue weighted by Gasteiger charge is 2.36. The summed E-state index contributed by atoms with van der Waals surface area (Å²) in [6, 6.07) is 0. The zero-order valence-corrected chi connectivity index (χ0v) is 13.8. The van der Waals surface area contributed by atoms with Gasteiger partial charge in [0.05, 0.1) is 34.2 Å². The molecule has 0 spiro atoms. The molecule has 0 rings (SSSR count). The highest BCUT2D eigenvalue weighted by Crippen LogP contribution is 2.15. The fourth-order valence-corrected chi connectivity index (χ4v) is 1.69. The zero-order chi connectivity index (χ0) is 15.9. The van der Waals surface area contributed by atoms with Gasteiger partial charge in [-0.2, -0.15) is 0 Å². The number of carbonyl (C=O) groups excluding carboxylic acids is 2. The van der Waals surface area contributed by atoms with Crippen LogP contribution in [0.3, 0.4) is 0 Å². The van der Waals surface area contributed by atoms with Gasteiger partial charge in [-0.05, 0) is 6.92 Å². The monoisotopic (exact) mass is 325 g/mol. The molecular formula is C13H24ClNO6. The van der Waals surface area contributed by atoms with Crippen LogP contribution in [0.1, 0.15) is 26.7 Å². The number of hydrogen-bond acceptors (Lipinski definition) is 5. The SMILES string of the molecule is CCOC(=O)C(CC(=O)O)C(=O)OC(CC)[N+](C)(C)C.[Cl-]. The van der Waals surface area contributed by atoms with Gasteiger partial charge in [0.25, 0.3) is 0 Å². The molecule has 21 heavy (non-hydrogen) atoms. The summed E-state index contributed by atoms with van der Waals surface area (Å²) < 4.78 is 10.3. The van der Waals surface area contributed by atoms with Crippen molar-refractivity contribution in [2.75, 3.05) is 27.7 Å². The lowest BCUT2D eigenvalue weighted by Crippen LogP contribution is -3.00. The Morgan fingerprint density at radius 2 is 1.62 bits per heavy atom. The molecule has 0 aliphatic carbocycles. The van der Waals surface area contributed by atoms with E-state index in [4.69, 9.17) is 14.6 Å². The third-order valence-electron chi connectivity index (χ3n) is 2.70. The summed E-state index contributed by atoms with van der Waals surface area (Å²) in [6.07, 6.45) is -0.531. The van der Waals surface area contributed by atoms with Gasteiger partial charge in [-0.1, -0.05) is 6.92 Å². The molecule has 8 heteroatoms. The number of aliphatic carboxylic acids is 1. The first kappa shape index (κ1) is 21.9. The summed E-state index contributed by atoms with van der Waals surface area (Å²) >= 11 is 0. The van der Waals surface area contributed by atoms with Crippen LogP contribution in [0.2, 0.25) is 0 Å². The fourth-order valence-electron chi connectivity index (χ4n) is 1.69. The number of nitrogens with zero attached hydrogens (tertiary/aromatic N) is 1. The normalized spacial score (nSPS) is 13.6. The minimum atomic E-state index is -1.42. The second kappa shape index (κ2) is 9.57. The van der Waals surface area contributed by atoms with Gasteiger partial charge in [0.1, 0.15) is 0 Å². The number of esters is 2. The van der Waals surface area contributed by atoms with E-state index in [-0.39, 0.29) is 19.0 Å². The van der Waals surface area contributed by atoms with Crippen LogP contribution in [0.15, 0.2) is 0 Å². The quantitative estimate of drug-likeness (QED) is 0.232. The lowest BCUT2D eigenvalue weighted by molar-refractivity contribution is -0.917. The topological polar surface area (TPSA) is 89.9 Å². The highest BCUT2D eigenvalue weighted by molar-refractivity contribution is 5.97. The van der Waals surface area contributed by atoms with Crippen LogP contribution in [0, 0.1) is 5.92 Å². The zero-order valence-electron chi connectivity index (χ0n) is 13.1. The van der Waals surface area contributed by atoms with Gasteiger partial charge in [-0.25, -0.2) is 0 Å². The molecular weight excluding hydrogens is 302 g/mol. The van der Waals surface area contributed by atoms with Crippen LogP contribution in [0.25, 0.3) is 0 Å². The minimum Gasteiger partial charge on any atom is -1.00 e. The van der Waals surface area contributed by atoms with Crippen LogP contribution in [0.5, 0.6) is 0 Å². The highest BCUT2D eigenvalue weighted by atomic mass is 35.5. The van der Waals surface area contributed by atoms with Crippen molar-refractivity contribution < 1.29 is 45.9 Å². The first-order chi connectivity index (χ1) is 9.13. The number of ether oxygens (including phenoxy) is 2. The molecule has 2 unspecified atom stereocenters. The summed E-state index contributed by atoms with van der Waals surface area (Å²) in [7, 11) is 5.54. The van der Waals surface area contributed by atoms with Crippen LogP contribution in [-0.4, -0.2) is 61.5 Å². The van der Waals surface area contributed by atoms with Gasteiger partial charge in [0, 0.05) is 6.42 Å². The Labute approximate surface area is 131 Å². The van der Waals surface area contributed by atoms with Crippen LogP contribution in [0.4, 0.5) is 0 Å². The Morgan fingerprint density at radius 1 is 1.10 bits per heavy atom. The smallest absolute Gasteiger partial charge is 0.325 e. The van der Waals surface area contributed by atoms with E-state index in [1.165, 1.54) is 0 Å². The maximum Gasteiger partial charge on any atom is 0.325 e. The van der Waals surface area contributed by atoms with Gasteiger partial charge in [-0.3, -0.25) is 18.9 Å². The molecule has 0 amide bonds. The molecule has 1 N–H and O–H groups in total. The van der Waals surface area contributed by atoms with Gasteiger partial charge in [0.2, 0.25) is 6.23 Å². The summed E-state index contributed by atoms with van der Waals surface area (Å²) in [5.41, 5.74) is 0. The van der Waals surface area contributed by atoms with Crippen LogP contribution < -0.4 is 12.4 Å². The van der Waals surface area contributed by atoms with Crippen molar-refractivity contribution >= 4 is 17.9 Å². The average Bonchev–Trinajstić information content (AvgIpc) is 2.31. The second-order valence-corrected chi connectivity index (χ2v) is 5.32. The molecule has 7 nitrogen and oxygen atoms in total. The predicted molar refractivity (Wildman–Crippen MR) is 70.6 cm³/mol. The maximum atomic E-state index is 12.0. The molecule has 0 aromatic carbocycles. The molecule has 0 aromatic heterocycles. The summed E-state index contributed by atoms with van der Waals surface area (Å²) in [5, 5.41) is 8.78. The predicted octanol–water partition coefficient (Wildman–Crippen LogP) is -2.37. The molecule has 0 bridgehead atoms. The first-order valence-electron chi connectivity index (χ1n) is 6.53.